The monoisotopic (exact) mass is 769 g/mol. The van der Waals surface area contributed by atoms with E-state index in [9.17, 15) is 29.4 Å². The number of aliphatic hydroxyl groups is 1. The van der Waals surface area contributed by atoms with E-state index in [4.69, 9.17) is 24.3 Å². The summed E-state index contributed by atoms with van der Waals surface area (Å²) in [7, 11) is 0. The molecule has 1 saturated heterocycles. The number of fused-ring (bicyclic) bond motifs is 2. The molecular formula is C41H43N3O10S. The molecule has 0 bridgehead atoms. The lowest BCUT2D eigenvalue weighted by molar-refractivity contribution is -0.166. The lowest BCUT2D eigenvalue weighted by Gasteiger charge is -2.36. The molecule has 2 unspecified atom stereocenters. The van der Waals surface area contributed by atoms with E-state index >= 15 is 0 Å². The van der Waals surface area contributed by atoms with E-state index in [2.05, 4.69) is 58.3 Å². The molecule has 0 aromatic heterocycles. The number of hydrogen-bond acceptors (Lipinski definition) is 12. The molecule has 4 aromatic carbocycles. The van der Waals surface area contributed by atoms with Gasteiger partial charge in [0, 0.05) is 48.1 Å². The highest BCUT2D eigenvalue weighted by atomic mass is 32.2. The van der Waals surface area contributed by atoms with Crippen molar-refractivity contribution in [2.75, 3.05) is 52.5 Å². The van der Waals surface area contributed by atoms with Crippen molar-refractivity contribution in [2.24, 2.45) is 4.99 Å². The Morgan fingerprint density at radius 2 is 1.20 bits per heavy atom. The molecule has 0 radical (unpaired) electrons. The quantitative estimate of drug-likeness (QED) is 0.129. The number of hydrogen-bond donors (Lipinski definition) is 3. The fourth-order valence-electron chi connectivity index (χ4n) is 5.68. The number of carboxylic acids is 2. The second kappa shape index (κ2) is 19.7. The molecule has 3 N–H and O–H groups in total. The first-order chi connectivity index (χ1) is 26.5. The van der Waals surface area contributed by atoms with Gasteiger partial charge in [-0.3, -0.25) is 4.90 Å². The van der Waals surface area contributed by atoms with Gasteiger partial charge in [-0.1, -0.05) is 77.5 Å². The molecule has 6 rings (SSSR count). The third-order valence-corrected chi connectivity index (χ3v) is 9.84. The number of aryl methyl sites for hydroxylation is 2. The summed E-state index contributed by atoms with van der Waals surface area (Å²) < 4.78 is 15.0. The third-order valence-electron chi connectivity index (χ3n) is 8.70. The van der Waals surface area contributed by atoms with E-state index in [0.717, 1.165) is 55.4 Å². The van der Waals surface area contributed by atoms with Crippen LogP contribution in [0.15, 0.2) is 112 Å². The normalized spacial score (nSPS) is 14.7. The van der Waals surface area contributed by atoms with Crippen LogP contribution in [0.3, 0.4) is 0 Å². The number of benzene rings is 4. The number of carboxylic acid groups (broad SMARTS) is 2. The zero-order valence-electron chi connectivity index (χ0n) is 30.5. The third kappa shape index (κ3) is 11.2. The van der Waals surface area contributed by atoms with Gasteiger partial charge in [0.25, 0.3) is 0 Å². The van der Waals surface area contributed by atoms with Crippen LogP contribution in [0.25, 0.3) is 0 Å². The number of carbonyl (C=O) groups excluding carboxylic acids is 2. The summed E-state index contributed by atoms with van der Waals surface area (Å²) in [6, 6.07) is 29.0. The Kier molecular flexibility index (Phi) is 14.5. The Balaban J connectivity index is 0.000000211. The van der Waals surface area contributed by atoms with Crippen molar-refractivity contribution in [3.05, 3.63) is 125 Å². The van der Waals surface area contributed by atoms with Crippen molar-refractivity contribution in [3.63, 3.8) is 0 Å². The van der Waals surface area contributed by atoms with Crippen molar-refractivity contribution in [1.29, 1.82) is 0 Å². The van der Waals surface area contributed by atoms with E-state index in [1.54, 1.807) is 49.9 Å². The standard InChI is InChI=1S/C21H25N3O2S.C20H18O8/c25-14-16-26-15-13-23-9-11-24(12-10-23)21-17-5-1-3-7-19(17)27-20-8-4-2-6-18(20)22-21;1-11-3-7-13(8-4-11)19(25)27-15(17(21)22)16(18(23)24)28-20(26)14-9-5-12(2)6-10-14/h1-8,25H,9-16H2;3-10,15-16H,1-2H3,(H,21,22)(H,23,24). The number of aliphatic carboxylic acids is 2. The Morgan fingerprint density at radius 3 is 1.73 bits per heavy atom. The first kappa shape index (κ1) is 40.6. The summed E-state index contributed by atoms with van der Waals surface area (Å²) in [5.41, 5.74) is 4.06. The summed E-state index contributed by atoms with van der Waals surface area (Å²) in [5.74, 6) is -4.54. The highest BCUT2D eigenvalue weighted by Crippen LogP contribution is 2.40. The minimum atomic E-state index is -2.22. The molecular weight excluding hydrogens is 727 g/mol. The minimum absolute atomic E-state index is 0.0332. The number of para-hydroxylation sites is 1. The lowest BCUT2D eigenvalue weighted by Crippen LogP contribution is -2.49. The maximum atomic E-state index is 12.2. The van der Waals surface area contributed by atoms with Crippen molar-refractivity contribution >= 4 is 47.2 Å². The number of nitrogens with zero attached hydrogens (tertiary/aromatic N) is 3. The maximum absolute atomic E-state index is 12.2. The van der Waals surface area contributed by atoms with Gasteiger partial charge < -0.3 is 34.4 Å². The first-order valence-corrected chi connectivity index (χ1v) is 18.5. The smallest absolute Gasteiger partial charge is 0.349 e. The van der Waals surface area contributed by atoms with Gasteiger partial charge in [0.15, 0.2) is 0 Å². The van der Waals surface area contributed by atoms with Crippen LogP contribution in [-0.2, 0) is 23.8 Å². The van der Waals surface area contributed by atoms with Gasteiger partial charge in [-0.15, -0.1) is 0 Å². The lowest BCUT2D eigenvalue weighted by atomic mass is 10.1. The molecule has 13 nitrogen and oxygen atoms in total. The fraction of sp³-hybridized carbons (Fsp3) is 0.293. The van der Waals surface area contributed by atoms with Gasteiger partial charge in [-0.2, -0.15) is 0 Å². The summed E-state index contributed by atoms with van der Waals surface area (Å²) in [6.45, 7) is 9.60. The summed E-state index contributed by atoms with van der Waals surface area (Å²) in [6.07, 6.45) is -4.44. The second-order valence-corrected chi connectivity index (χ2v) is 13.8. The van der Waals surface area contributed by atoms with Gasteiger partial charge in [-0.05, 0) is 56.3 Å². The number of aliphatic hydroxyl groups excluding tert-OH is 1. The molecule has 0 saturated carbocycles. The van der Waals surface area contributed by atoms with Crippen molar-refractivity contribution in [3.8, 4) is 0 Å². The summed E-state index contributed by atoms with van der Waals surface area (Å²) >= 11 is 1.80. The van der Waals surface area contributed by atoms with Gasteiger partial charge in [0.05, 0.1) is 36.6 Å². The Labute approximate surface area is 323 Å². The van der Waals surface area contributed by atoms with Crippen LogP contribution in [0.4, 0.5) is 5.69 Å². The number of piperazine rings is 1. The number of carbonyl (C=O) groups is 4. The largest absolute Gasteiger partial charge is 0.478 e. The maximum Gasteiger partial charge on any atom is 0.349 e. The fourth-order valence-corrected chi connectivity index (χ4v) is 6.70. The van der Waals surface area contributed by atoms with Crippen LogP contribution in [0.1, 0.15) is 37.4 Å². The van der Waals surface area contributed by atoms with E-state index in [-0.39, 0.29) is 17.7 Å². The Hall–Kier alpha value is -5.54. The molecule has 2 atom stereocenters. The number of amidine groups is 1. The molecule has 0 spiro atoms. The van der Waals surface area contributed by atoms with E-state index in [1.165, 1.54) is 39.6 Å². The van der Waals surface area contributed by atoms with Gasteiger partial charge in [0.2, 0.25) is 12.2 Å². The van der Waals surface area contributed by atoms with Crippen LogP contribution >= 0.6 is 11.8 Å². The molecule has 55 heavy (non-hydrogen) atoms. The Bertz CT molecular complexity index is 1900. The van der Waals surface area contributed by atoms with Crippen molar-refractivity contribution < 1.29 is 48.7 Å². The highest BCUT2D eigenvalue weighted by Gasteiger charge is 2.41. The zero-order chi connectivity index (χ0) is 39.3. The van der Waals surface area contributed by atoms with Crippen LogP contribution in [0.2, 0.25) is 0 Å². The van der Waals surface area contributed by atoms with E-state index in [0.29, 0.717) is 13.2 Å². The predicted octanol–water partition coefficient (Wildman–Crippen LogP) is 5.08. The number of rotatable bonds is 12. The summed E-state index contributed by atoms with van der Waals surface area (Å²) in [4.78, 5) is 59.7. The number of esters is 2. The number of ether oxygens (including phenoxy) is 3. The predicted molar refractivity (Wildman–Crippen MR) is 205 cm³/mol. The highest BCUT2D eigenvalue weighted by molar-refractivity contribution is 7.99. The average Bonchev–Trinajstić information content (AvgIpc) is 3.35. The average molecular weight is 770 g/mol. The van der Waals surface area contributed by atoms with Crippen LogP contribution < -0.4 is 0 Å². The number of aliphatic imine (C=N–C) groups is 1. The Morgan fingerprint density at radius 1 is 0.691 bits per heavy atom. The molecule has 2 aliphatic rings. The summed E-state index contributed by atoms with van der Waals surface area (Å²) in [5, 5.41) is 27.4. The molecule has 0 aliphatic carbocycles. The van der Waals surface area contributed by atoms with Crippen LogP contribution in [0.5, 0.6) is 0 Å². The second-order valence-electron chi connectivity index (χ2n) is 12.7. The van der Waals surface area contributed by atoms with Gasteiger partial charge in [-0.25, -0.2) is 24.2 Å². The minimum Gasteiger partial charge on any atom is -0.478 e. The topological polar surface area (TPSA) is 176 Å². The van der Waals surface area contributed by atoms with Crippen LogP contribution in [-0.4, -0.2) is 120 Å². The van der Waals surface area contributed by atoms with Crippen molar-refractivity contribution in [1.82, 2.24) is 9.80 Å². The molecule has 288 valence electrons. The SMILES string of the molecule is Cc1ccc(C(=O)OC(C(=O)O)C(OC(=O)c2ccc(C)cc2)C(=O)O)cc1.OCCOCCN1CCN(C2=Nc3ccccc3Sc3ccccc32)CC1. The van der Waals surface area contributed by atoms with Crippen molar-refractivity contribution in [2.45, 2.75) is 35.8 Å². The van der Waals surface area contributed by atoms with Gasteiger partial charge >= 0.3 is 23.9 Å². The molecule has 1 fully saturated rings. The van der Waals surface area contributed by atoms with E-state index < -0.39 is 36.1 Å². The van der Waals surface area contributed by atoms with Gasteiger partial charge in [0.1, 0.15) is 5.84 Å². The molecule has 0 amide bonds. The molecule has 14 heteroatoms. The zero-order valence-corrected chi connectivity index (χ0v) is 31.3. The molecule has 4 aromatic rings. The molecule has 2 heterocycles. The first-order valence-electron chi connectivity index (χ1n) is 17.7. The molecule has 2 aliphatic heterocycles. The van der Waals surface area contributed by atoms with E-state index in [1.807, 2.05) is 0 Å². The van der Waals surface area contributed by atoms with Crippen LogP contribution in [0, 0.1) is 13.8 Å².